The van der Waals surface area contributed by atoms with E-state index in [0.717, 1.165) is 25.9 Å². The Hall–Kier alpha value is -1.83. The lowest BCUT2D eigenvalue weighted by Crippen LogP contribution is -2.53. The van der Waals surface area contributed by atoms with Crippen LogP contribution in [0.5, 0.6) is 0 Å². The number of benzene rings is 1. The van der Waals surface area contributed by atoms with Gasteiger partial charge < -0.3 is 4.90 Å². The largest absolute Gasteiger partial charge is 0.340 e. The minimum Gasteiger partial charge on any atom is -0.340 e. The first-order valence-corrected chi connectivity index (χ1v) is 9.19. The maximum atomic E-state index is 13.9. The van der Waals surface area contributed by atoms with Gasteiger partial charge in [-0.25, -0.2) is 15.2 Å². The van der Waals surface area contributed by atoms with Gasteiger partial charge in [-0.1, -0.05) is 18.2 Å². The highest BCUT2D eigenvalue weighted by Crippen LogP contribution is 2.20. The monoisotopic (exact) mass is 362 g/mol. The highest BCUT2D eigenvalue weighted by Gasteiger charge is 2.36. The van der Waals surface area contributed by atoms with Crippen LogP contribution in [0.2, 0.25) is 0 Å². The van der Waals surface area contributed by atoms with E-state index < -0.39 is 0 Å². The number of piperidine rings is 1. The van der Waals surface area contributed by atoms with Gasteiger partial charge in [-0.15, -0.1) is 0 Å². The van der Waals surface area contributed by atoms with Crippen molar-refractivity contribution in [3.8, 4) is 0 Å². The fourth-order valence-electron chi connectivity index (χ4n) is 3.77. The second-order valence-corrected chi connectivity index (χ2v) is 7.31. The molecular weight excluding hydrogens is 335 g/mol. The third-order valence-electron chi connectivity index (χ3n) is 5.42. The number of amides is 1. The number of hydrogen-bond donors (Lipinski definition) is 2. The molecule has 3 rings (SSSR count). The number of hydrogen-bond acceptors (Lipinski definition) is 5. The van der Waals surface area contributed by atoms with Crippen molar-refractivity contribution in [2.24, 2.45) is 0 Å². The van der Waals surface area contributed by atoms with E-state index in [-0.39, 0.29) is 35.6 Å². The third-order valence-corrected chi connectivity index (χ3v) is 5.42. The van der Waals surface area contributed by atoms with Gasteiger partial charge in [-0.3, -0.25) is 14.5 Å². The smallest absolute Gasteiger partial charge is 0.241 e. The summed E-state index contributed by atoms with van der Waals surface area (Å²) in [4.78, 5) is 28.2. The molecule has 0 aliphatic carbocycles. The van der Waals surface area contributed by atoms with E-state index in [1.807, 2.05) is 19.2 Å². The normalized spacial score (nSPS) is 26.7. The predicted molar refractivity (Wildman–Crippen MR) is 96.6 cm³/mol. The number of ketones is 1. The molecule has 2 fully saturated rings. The van der Waals surface area contributed by atoms with Crippen LogP contribution in [-0.2, 0) is 16.1 Å². The van der Waals surface area contributed by atoms with E-state index in [1.165, 1.54) is 13.0 Å². The zero-order valence-electron chi connectivity index (χ0n) is 15.4. The molecule has 0 bridgehead atoms. The molecular formula is C19H27FN4O2. The molecule has 0 aromatic heterocycles. The van der Waals surface area contributed by atoms with E-state index in [1.54, 1.807) is 11.0 Å². The lowest BCUT2D eigenvalue weighted by molar-refractivity contribution is -0.135. The number of nitrogens with zero attached hydrogens (tertiary/aromatic N) is 2. The van der Waals surface area contributed by atoms with E-state index >= 15 is 0 Å². The van der Waals surface area contributed by atoms with E-state index in [4.69, 9.17) is 0 Å². The van der Waals surface area contributed by atoms with Crippen molar-refractivity contribution in [3.63, 3.8) is 0 Å². The molecule has 1 amide bonds. The molecule has 2 N–H and O–H groups in total. The van der Waals surface area contributed by atoms with Crippen LogP contribution in [0.1, 0.15) is 31.7 Å². The highest BCUT2D eigenvalue weighted by atomic mass is 19.1. The van der Waals surface area contributed by atoms with E-state index in [9.17, 15) is 14.0 Å². The Morgan fingerprint density at radius 2 is 2.00 bits per heavy atom. The molecule has 3 unspecified atom stereocenters. The topological polar surface area (TPSA) is 64.7 Å². The molecule has 2 aliphatic rings. The zero-order chi connectivity index (χ0) is 18.7. The molecule has 142 valence electrons. The standard InChI is InChI=1S/C19H27FN4O2/c1-13(25)17-10-18(22-21-17)19(26)23(2)15-7-5-9-24(12-15)11-14-6-3-4-8-16(14)20/h3-4,6,8,15,17-18,21-22H,5,7,9-12H2,1-2H3. The summed E-state index contributed by atoms with van der Waals surface area (Å²) in [6, 6.07) is 6.25. The van der Waals surface area contributed by atoms with E-state index in [0.29, 0.717) is 18.5 Å². The molecule has 0 saturated carbocycles. The van der Waals surface area contributed by atoms with Gasteiger partial charge in [0.05, 0.1) is 6.04 Å². The number of halogens is 1. The second-order valence-electron chi connectivity index (χ2n) is 7.31. The van der Waals surface area contributed by atoms with Crippen molar-refractivity contribution >= 4 is 11.7 Å². The number of nitrogens with one attached hydrogen (secondary N) is 2. The molecule has 0 radical (unpaired) electrons. The lowest BCUT2D eigenvalue weighted by Gasteiger charge is -2.38. The SMILES string of the molecule is CC(=O)C1CC(C(=O)N(C)C2CCCN(Cc3ccccc3F)C2)NN1. The number of likely N-dealkylation sites (N-methyl/N-ethyl adjacent to an activating group) is 1. The van der Waals surface area contributed by atoms with Crippen LogP contribution < -0.4 is 10.9 Å². The van der Waals surface area contributed by atoms with Gasteiger partial charge in [0.15, 0.2) is 0 Å². The first-order chi connectivity index (χ1) is 12.5. The summed E-state index contributed by atoms with van der Waals surface area (Å²) in [5.74, 6) is -0.154. The Morgan fingerprint density at radius 1 is 1.27 bits per heavy atom. The minimum atomic E-state index is -0.379. The van der Waals surface area contributed by atoms with Crippen LogP contribution in [0.15, 0.2) is 24.3 Å². The van der Waals surface area contributed by atoms with Gasteiger partial charge in [0.2, 0.25) is 5.91 Å². The Labute approximate surface area is 153 Å². The summed E-state index contributed by atoms with van der Waals surface area (Å²) in [6.07, 6.45) is 2.39. The van der Waals surface area contributed by atoms with Gasteiger partial charge in [0, 0.05) is 31.7 Å². The maximum absolute atomic E-state index is 13.9. The van der Waals surface area contributed by atoms with Crippen LogP contribution in [0.3, 0.4) is 0 Å². The zero-order valence-corrected chi connectivity index (χ0v) is 15.4. The molecule has 6 nitrogen and oxygen atoms in total. The van der Waals surface area contributed by atoms with Crippen molar-refractivity contribution in [3.05, 3.63) is 35.6 Å². The number of rotatable bonds is 5. The van der Waals surface area contributed by atoms with Crippen molar-refractivity contribution in [1.82, 2.24) is 20.7 Å². The average Bonchev–Trinajstić information content (AvgIpc) is 3.13. The van der Waals surface area contributed by atoms with Gasteiger partial charge in [0.25, 0.3) is 0 Å². The van der Waals surface area contributed by atoms with Crippen molar-refractivity contribution in [2.45, 2.75) is 50.9 Å². The Kier molecular flexibility index (Phi) is 6.01. The summed E-state index contributed by atoms with van der Waals surface area (Å²) in [5, 5.41) is 0. The van der Waals surface area contributed by atoms with Gasteiger partial charge in [-0.2, -0.15) is 0 Å². The predicted octanol–water partition coefficient (Wildman–Crippen LogP) is 1.07. The number of carbonyl (C=O) groups excluding carboxylic acids is 2. The van der Waals surface area contributed by atoms with Gasteiger partial charge >= 0.3 is 0 Å². The Balaban J connectivity index is 1.57. The Morgan fingerprint density at radius 3 is 2.69 bits per heavy atom. The summed E-state index contributed by atoms with van der Waals surface area (Å²) in [7, 11) is 1.82. The number of likely N-dealkylation sites (tertiary alicyclic amines) is 1. The summed E-state index contributed by atoms with van der Waals surface area (Å²) < 4.78 is 13.9. The highest BCUT2D eigenvalue weighted by molar-refractivity contribution is 5.86. The molecule has 3 atom stereocenters. The van der Waals surface area contributed by atoms with E-state index in [2.05, 4.69) is 15.8 Å². The number of carbonyl (C=O) groups is 2. The van der Waals surface area contributed by atoms with Gasteiger partial charge in [-0.05, 0) is 38.8 Å². The summed E-state index contributed by atoms with van der Waals surface area (Å²) in [5.41, 5.74) is 6.52. The minimum absolute atomic E-state index is 0.000934. The Bertz CT molecular complexity index is 669. The lowest BCUT2D eigenvalue weighted by atomic mass is 10.0. The fourth-order valence-corrected chi connectivity index (χ4v) is 3.77. The molecule has 0 spiro atoms. The van der Waals surface area contributed by atoms with Crippen LogP contribution in [0, 0.1) is 5.82 Å². The quantitative estimate of drug-likeness (QED) is 0.820. The third kappa shape index (κ3) is 4.28. The van der Waals surface area contributed by atoms with Crippen molar-refractivity contribution < 1.29 is 14.0 Å². The molecule has 1 aromatic rings. The second kappa shape index (κ2) is 8.24. The van der Waals surface area contributed by atoms with Gasteiger partial charge in [0.1, 0.15) is 17.6 Å². The van der Waals surface area contributed by atoms with Crippen LogP contribution >= 0.6 is 0 Å². The molecule has 7 heteroatoms. The summed E-state index contributed by atoms with van der Waals surface area (Å²) >= 11 is 0. The molecule has 2 saturated heterocycles. The average molecular weight is 362 g/mol. The molecule has 2 aliphatic heterocycles. The first kappa shape index (κ1) is 18.9. The number of hydrazine groups is 1. The molecule has 26 heavy (non-hydrogen) atoms. The maximum Gasteiger partial charge on any atom is 0.241 e. The molecule has 1 aromatic carbocycles. The summed E-state index contributed by atoms with van der Waals surface area (Å²) in [6.45, 7) is 3.72. The van der Waals surface area contributed by atoms with Crippen LogP contribution in [0.25, 0.3) is 0 Å². The number of Topliss-reactive ketones (excluding diaryl/α,β-unsaturated/α-hetero) is 1. The van der Waals surface area contributed by atoms with Crippen molar-refractivity contribution in [2.75, 3.05) is 20.1 Å². The first-order valence-electron chi connectivity index (χ1n) is 9.19. The van der Waals surface area contributed by atoms with Crippen LogP contribution in [0.4, 0.5) is 4.39 Å². The fraction of sp³-hybridized carbons (Fsp3) is 0.579. The van der Waals surface area contributed by atoms with Crippen molar-refractivity contribution in [1.29, 1.82) is 0 Å². The van der Waals surface area contributed by atoms with Crippen LogP contribution in [-0.4, -0.2) is 59.8 Å². The molecule has 2 heterocycles.